The number of nitrogens with zero attached hydrogens (tertiary/aromatic N) is 1. The van der Waals surface area contributed by atoms with Gasteiger partial charge in [-0.3, -0.25) is 9.59 Å². The first-order valence-corrected chi connectivity index (χ1v) is 13.3. The van der Waals surface area contributed by atoms with E-state index in [2.05, 4.69) is 16.7 Å². The minimum atomic E-state index is -0.142. The summed E-state index contributed by atoms with van der Waals surface area (Å²) in [4.78, 5) is 27.7. The summed E-state index contributed by atoms with van der Waals surface area (Å²) in [7, 11) is 0. The fraction of sp³-hybridized carbons (Fsp3) is 0.290. The van der Waals surface area contributed by atoms with Crippen molar-refractivity contribution in [3.63, 3.8) is 0 Å². The SMILES string of the molecule is CCN(CC)C(=O)c1ccc(C(=C2CCNCC2)c2cccc(C(=O)NCc3ccccc3Cl)c2)cc1. The van der Waals surface area contributed by atoms with Crippen molar-refractivity contribution in [1.29, 1.82) is 0 Å². The van der Waals surface area contributed by atoms with Crippen molar-refractivity contribution >= 4 is 29.0 Å². The zero-order chi connectivity index (χ0) is 26.2. The summed E-state index contributed by atoms with van der Waals surface area (Å²) in [6.07, 6.45) is 1.89. The molecule has 0 aliphatic carbocycles. The van der Waals surface area contributed by atoms with Crippen molar-refractivity contribution in [1.82, 2.24) is 15.5 Å². The average Bonchev–Trinajstić information content (AvgIpc) is 2.94. The van der Waals surface area contributed by atoms with Crippen LogP contribution in [0.3, 0.4) is 0 Å². The molecule has 0 unspecified atom stereocenters. The molecule has 1 fully saturated rings. The maximum absolute atomic E-state index is 13.0. The molecule has 2 N–H and O–H groups in total. The Bertz CT molecular complexity index is 1270. The number of halogens is 1. The maximum Gasteiger partial charge on any atom is 0.253 e. The number of benzene rings is 3. The maximum atomic E-state index is 13.0. The van der Waals surface area contributed by atoms with Crippen molar-refractivity contribution in [2.75, 3.05) is 26.2 Å². The zero-order valence-corrected chi connectivity index (χ0v) is 22.3. The Kier molecular flexibility index (Phi) is 9.15. The van der Waals surface area contributed by atoms with Crippen LogP contribution in [0.5, 0.6) is 0 Å². The summed E-state index contributed by atoms with van der Waals surface area (Å²) >= 11 is 6.25. The highest BCUT2D eigenvalue weighted by atomic mass is 35.5. The lowest BCUT2D eigenvalue weighted by molar-refractivity contribution is 0.0772. The fourth-order valence-corrected chi connectivity index (χ4v) is 4.96. The van der Waals surface area contributed by atoms with Crippen molar-refractivity contribution < 1.29 is 9.59 Å². The average molecular weight is 516 g/mol. The lowest BCUT2D eigenvalue weighted by atomic mass is 9.87. The highest BCUT2D eigenvalue weighted by Gasteiger charge is 2.18. The van der Waals surface area contributed by atoms with Gasteiger partial charge in [0.25, 0.3) is 11.8 Å². The number of carbonyl (C=O) groups is 2. The summed E-state index contributed by atoms with van der Waals surface area (Å²) in [6.45, 7) is 7.57. The lowest BCUT2D eigenvalue weighted by Crippen LogP contribution is -2.30. The van der Waals surface area contributed by atoms with Crippen molar-refractivity contribution in [2.24, 2.45) is 0 Å². The summed E-state index contributed by atoms with van der Waals surface area (Å²) in [6, 6.07) is 23.2. The van der Waals surface area contributed by atoms with Gasteiger partial charge >= 0.3 is 0 Å². The Morgan fingerprint density at radius 1 is 0.838 bits per heavy atom. The lowest BCUT2D eigenvalue weighted by Gasteiger charge is -2.22. The Labute approximate surface area is 224 Å². The Morgan fingerprint density at radius 3 is 2.16 bits per heavy atom. The number of nitrogens with one attached hydrogen (secondary N) is 2. The van der Waals surface area contributed by atoms with Gasteiger partial charge in [-0.25, -0.2) is 0 Å². The smallest absolute Gasteiger partial charge is 0.253 e. The van der Waals surface area contributed by atoms with Crippen LogP contribution in [0.15, 0.2) is 78.4 Å². The molecule has 0 atom stereocenters. The predicted molar refractivity (Wildman–Crippen MR) is 151 cm³/mol. The molecule has 0 saturated carbocycles. The van der Waals surface area contributed by atoms with Crippen LogP contribution >= 0.6 is 11.6 Å². The molecule has 1 heterocycles. The summed E-state index contributed by atoms with van der Waals surface area (Å²) in [5.74, 6) is -0.0959. The molecule has 192 valence electrons. The van der Waals surface area contributed by atoms with Crippen LogP contribution in [-0.4, -0.2) is 42.9 Å². The molecule has 2 amide bonds. The van der Waals surface area contributed by atoms with Crippen LogP contribution in [0.2, 0.25) is 5.02 Å². The molecular formula is C31H34ClN3O2. The first kappa shape index (κ1) is 26.6. The third-order valence-electron chi connectivity index (χ3n) is 6.84. The van der Waals surface area contributed by atoms with Crippen molar-refractivity contribution in [3.8, 4) is 0 Å². The zero-order valence-electron chi connectivity index (χ0n) is 21.5. The van der Waals surface area contributed by atoms with Gasteiger partial charge < -0.3 is 15.5 Å². The van der Waals surface area contributed by atoms with Crippen LogP contribution in [0.4, 0.5) is 0 Å². The van der Waals surface area contributed by atoms with E-state index in [1.165, 1.54) is 5.57 Å². The van der Waals surface area contributed by atoms with Gasteiger partial charge in [0.15, 0.2) is 0 Å². The van der Waals surface area contributed by atoms with Crippen LogP contribution in [0.25, 0.3) is 5.57 Å². The normalized spacial score (nSPS) is 13.2. The van der Waals surface area contributed by atoms with Crippen LogP contribution in [0.1, 0.15) is 64.1 Å². The molecule has 3 aromatic carbocycles. The second-order valence-corrected chi connectivity index (χ2v) is 9.55. The first-order valence-electron chi connectivity index (χ1n) is 13.0. The van der Waals surface area contributed by atoms with E-state index >= 15 is 0 Å². The molecule has 4 rings (SSSR count). The van der Waals surface area contributed by atoms with Crippen molar-refractivity contribution in [3.05, 3.63) is 111 Å². The monoisotopic (exact) mass is 515 g/mol. The van der Waals surface area contributed by atoms with Crippen LogP contribution in [0, 0.1) is 0 Å². The molecule has 0 spiro atoms. The van der Waals surface area contributed by atoms with E-state index < -0.39 is 0 Å². The predicted octanol–water partition coefficient (Wildman–Crippen LogP) is 5.94. The first-order chi connectivity index (χ1) is 18.0. The van der Waals surface area contributed by atoms with E-state index in [1.54, 1.807) is 0 Å². The molecular weight excluding hydrogens is 482 g/mol. The molecule has 1 saturated heterocycles. The molecule has 1 aliphatic heterocycles. The standard InChI is InChI=1S/C31H34ClN3O2/c1-3-35(4-2)31(37)24-14-12-22(13-15-24)29(23-16-18-33-19-17-23)25-9-7-10-26(20-25)30(36)34-21-27-8-5-6-11-28(27)32/h5-15,20,33H,3-4,16-19,21H2,1-2H3,(H,34,36). The molecule has 1 aliphatic rings. The third-order valence-corrected chi connectivity index (χ3v) is 7.21. The number of hydrogen-bond acceptors (Lipinski definition) is 3. The van der Waals surface area contributed by atoms with Gasteiger partial charge in [0, 0.05) is 35.8 Å². The van der Waals surface area contributed by atoms with E-state index in [0.29, 0.717) is 35.8 Å². The number of amides is 2. The minimum Gasteiger partial charge on any atom is -0.348 e. The van der Waals surface area contributed by atoms with Gasteiger partial charge in [-0.05, 0) is 92.4 Å². The highest BCUT2D eigenvalue weighted by molar-refractivity contribution is 6.31. The van der Waals surface area contributed by atoms with Crippen molar-refractivity contribution in [2.45, 2.75) is 33.2 Å². The Balaban J connectivity index is 1.63. The quantitative estimate of drug-likeness (QED) is 0.390. The summed E-state index contributed by atoms with van der Waals surface area (Å²) < 4.78 is 0. The number of carbonyl (C=O) groups excluding carboxylic acids is 2. The number of piperidine rings is 1. The van der Waals surface area contributed by atoms with E-state index in [0.717, 1.165) is 48.2 Å². The van der Waals surface area contributed by atoms with Gasteiger partial charge in [-0.2, -0.15) is 0 Å². The largest absolute Gasteiger partial charge is 0.348 e. The molecule has 0 bridgehead atoms. The van der Waals surface area contributed by atoms with Crippen LogP contribution in [-0.2, 0) is 6.54 Å². The van der Waals surface area contributed by atoms with Gasteiger partial charge in [0.1, 0.15) is 0 Å². The van der Waals surface area contributed by atoms with Gasteiger partial charge in [-0.15, -0.1) is 0 Å². The van der Waals surface area contributed by atoms with Gasteiger partial charge in [-0.1, -0.05) is 59.6 Å². The Morgan fingerprint density at radius 2 is 1.49 bits per heavy atom. The summed E-state index contributed by atoms with van der Waals surface area (Å²) in [5, 5.41) is 7.06. The molecule has 6 heteroatoms. The highest BCUT2D eigenvalue weighted by Crippen LogP contribution is 2.32. The molecule has 3 aromatic rings. The van der Waals surface area contributed by atoms with Gasteiger partial charge in [0.05, 0.1) is 0 Å². The second kappa shape index (κ2) is 12.7. The van der Waals surface area contributed by atoms with E-state index in [-0.39, 0.29) is 11.8 Å². The molecule has 0 radical (unpaired) electrons. The number of hydrogen-bond donors (Lipinski definition) is 2. The number of rotatable bonds is 8. The molecule has 0 aromatic heterocycles. The van der Waals surface area contributed by atoms with Crippen LogP contribution < -0.4 is 10.6 Å². The topological polar surface area (TPSA) is 61.4 Å². The third kappa shape index (κ3) is 6.48. The van der Waals surface area contributed by atoms with E-state index in [1.807, 2.05) is 85.5 Å². The summed E-state index contributed by atoms with van der Waals surface area (Å²) in [5.41, 5.74) is 6.73. The molecule has 37 heavy (non-hydrogen) atoms. The minimum absolute atomic E-state index is 0.0461. The van der Waals surface area contributed by atoms with Gasteiger partial charge in [0.2, 0.25) is 0 Å². The fourth-order valence-electron chi connectivity index (χ4n) is 4.76. The molecule has 5 nitrogen and oxygen atoms in total. The second-order valence-electron chi connectivity index (χ2n) is 9.14. The van der Waals surface area contributed by atoms with E-state index in [9.17, 15) is 9.59 Å². The Hall–Kier alpha value is -3.41. The van der Waals surface area contributed by atoms with E-state index in [4.69, 9.17) is 11.6 Å².